The van der Waals surface area contributed by atoms with Gasteiger partial charge in [0.25, 0.3) is 5.91 Å². The standard InChI is InChI=1S/C18H16N2O4/c1-23-17-10-24-16(8-15(17)21)18(22)20-7-6-14-12(9-20)11-4-2-3-5-13(11)19-14/h2-5,8,10,19H,6-7,9H2,1H3. The first kappa shape index (κ1) is 14.6. The topological polar surface area (TPSA) is 75.5 Å². The third-order valence-corrected chi connectivity index (χ3v) is 4.40. The Labute approximate surface area is 137 Å². The molecule has 0 saturated heterocycles. The Morgan fingerprint density at radius 3 is 2.96 bits per heavy atom. The van der Waals surface area contributed by atoms with Crippen molar-refractivity contribution in [2.45, 2.75) is 13.0 Å². The number of benzene rings is 1. The van der Waals surface area contributed by atoms with Crippen LogP contribution in [0.25, 0.3) is 10.9 Å². The van der Waals surface area contributed by atoms with Gasteiger partial charge in [0.2, 0.25) is 11.2 Å². The molecule has 3 aromatic rings. The van der Waals surface area contributed by atoms with Crippen molar-refractivity contribution < 1.29 is 13.9 Å². The van der Waals surface area contributed by atoms with Gasteiger partial charge >= 0.3 is 0 Å². The van der Waals surface area contributed by atoms with Crippen LogP contribution < -0.4 is 10.2 Å². The van der Waals surface area contributed by atoms with Gasteiger partial charge in [-0.2, -0.15) is 0 Å². The summed E-state index contributed by atoms with van der Waals surface area (Å²) in [6.45, 7) is 1.07. The largest absolute Gasteiger partial charge is 0.490 e. The van der Waals surface area contributed by atoms with Crippen LogP contribution in [0.15, 0.2) is 45.8 Å². The fraction of sp³-hybridized carbons (Fsp3) is 0.222. The van der Waals surface area contributed by atoms with Crippen molar-refractivity contribution >= 4 is 16.8 Å². The second kappa shape index (κ2) is 5.56. The van der Waals surface area contributed by atoms with E-state index >= 15 is 0 Å². The number of carbonyl (C=O) groups excluding carboxylic acids is 1. The molecule has 3 heterocycles. The number of hydrogen-bond acceptors (Lipinski definition) is 4. The molecule has 24 heavy (non-hydrogen) atoms. The van der Waals surface area contributed by atoms with Gasteiger partial charge < -0.3 is 19.0 Å². The Kier molecular flexibility index (Phi) is 3.37. The van der Waals surface area contributed by atoms with Crippen LogP contribution in [-0.4, -0.2) is 29.4 Å². The molecule has 6 heteroatoms. The van der Waals surface area contributed by atoms with E-state index in [1.54, 1.807) is 4.90 Å². The van der Waals surface area contributed by atoms with E-state index in [1.807, 2.05) is 24.3 Å². The van der Waals surface area contributed by atoms with E-state index in [9.17, 15) is 9.59 Å². The molecule has 0 saturated carbocycles. The van der Waals surface area contributed by atoms with Crippen LogP contribution in [0.2, 0.25) is 0 Å². The van der Waals surface area contributed by atoms with Gasteiger partial charge in [-0.15, -0.1) is 0 Å². The Hall–Kier alpha value is -3.02. The predicted octanol–water partition coefficient (Wildman–Crippen LogP) is 2.33. The highest BCUT2D eigenvalue weighted by molar-refractivity contribution is 5.92. The number of ether oxygens (including phenoxy) is 1. The highest BCUT2D eigenvalue weighted by atomic mass is 16.5. The molecule has 1 aliphatic rings. The number of nitrogens with one attached hydrogen (secondary N) is 1. The summed E-state index contributed by atoms with van der Waals surface area (Å²) in [7, 11) is 1.39. The van der Waals surface area contributed by atoms with Crippen molar-refractivity contribution in [2.75, 3.05) is 13.7 Å². The molecule has 0 unspecified atom stereocenters. The molecular formula is C18H16N2O4. The van der Waals surface area contributed by atoms with Crippen LogP contribution in [0.5, 0.6) is 5.75 Å². The third-order valence-electron chi connectivity index (χ3n) is 4.40. The van der Waals surface area contributed by atoms with Crippen LogP contribution in [0.3, 0.4) is 0 Å². The highest BCUT2D eigenvalue weighted by Crippen LogP contribution is 2.28. The van der Waals surface area contributed by atoms with Crippen LogP contribution in [0.4, 0.5) is 0 Å². The molecule has 0 fully saturated rings. The van der Waals surface area contributed by atoms with E-state index in [1.165, 1.54) is 19.4 Å². The molecule has 122 valence electrons. The van der Waals surface area contributed by atoms with Crippen molar-refractivity contribution in [2.24, 2.45) is 0 Å². The molecule has 1 amide bonds. The lowest BCUT2D eigenvalue weighted by molar-refractivity contribution is 0.0699. The fourth-order valence-corrected chi connectivity index (χ4v) is 3.16. The summed E-state index contributed by atoms with van der Waals surface area (Å²) >= 11 is 0. The SMILES string of the molecule is COc1coc(C(=O)N2CCc3[nH]c4ccccc4c3C2)cc1=O. The van der Waals surface area contributed by atoms with Gasteiger partial charge in [0.05, 0.1) is 7.11 Å². The Morgan fingerprint density at radius 1 is 1.33 bits per heavy atom. The van der Waals surface area contributed by atoms with Crippen molar-refractivity contribution in [1.82, 2.24) is 9.88 Å². The number of methoxy groups -OCH3 is 1. The van der Waals surface area contributed by atoms with Gasteiger partial charge in [-0.3, -0.25) is 9.59 Å². The maximum Gasteiger partial charge on any atom is 0.290 e. The summed E-state index contributed by atoms with van der Waals surface area (Å²) in [6, 6.07) is 9.24. The van der Waals surface area contributed by atoms with Crippen molar-refractivity contribution in [3.05, 3.63) is 63.8 Å². The molecule has 1 aromatic carbocycles. The first-order chi connectivity index (χ1) is 11.7. The minimum absolute atomic E-state index is 0.0316. The third kappa shape index (κ3) is 2.27. The molecule has 1 aliphatic heterocycles. The number of aromatic nitrogens is 1. The lowest BCUT2D eigenvalue weighted by Gasteiger charge is -2.26. The van der Waals surface area contributed by atoms with E-state index in [0.717, 1.165) is 28.6 Å². The molecule has 6 nitrogen and oxygen atoms in total. The van der Waals surface area contributed by atoms with Crippen LogP contribution >= 0.6 is 0 Å². The van der Waals surface area contributed by atoms with E-state index < -0.39 is 0 Å². The van der Waals surface area contributed by atoms with E-state index in [2.05, 4.69) is 4.98 Å². The van der Waals surface area contributed by atoms with Gasteiger partial charge in [0.15, 0.2) is 5.76 Å². The molecule has 1 N–H and O–H groups in total. The lowest BCUT2D eigenvalue weighted by Crippen LogP contribution is -2.36. The lowest BCUT2D eigenvalue weighted by atomic mass is 10.0. The number of aromatic amines is 1. The predicted molar refractivity (Wildman–Crippen MR) is 88.3 cm³/mol. The molecule has 2 aromatic heterocycles. The van der Waals surface area contributed by atoms with Crippen LogP contribution in [-0.2, 0) is 13.0 Å². The Balaban J connectivity index is 1.65. The first-order valence-corrected chi connectivity index (χ1v) is 7.72. The minimum atomic E-state index is -0.364. The summed E-state index contributed by atoms with van der Waals surface area (Å²) in [6.07, 6.45) is 1.92. The van der Waals surface area contributed by atoms with Gasteiger partial charge in [-0.25, -0.2) is 0 Å². The van der Waals surface area contributed by atoms with Crippen LogP contribution in [0.1, 0.15) is 21.8 Å². The first-order valence-electron chi connectivity index (χ1n) is 7.72. The fourth-order valence-electron chi connectivity index (χ4n) is 3.16. The molecule has 0 aliphatic carbocycles. The molecule has 0 spiro atoms. The summed E-state index contributed by atoms with van der Waals surface area (Å²) < 4.78 is 10.2. The zero-order chi connectivity index (χ0) is 16.7. The summed E-state index contributed by atoms with van der Waals surface area (Å²) in [5.74, 6) is -0.168. The number of fused-ring (bicyclic) bond motifs is 3. The minimum Gasteiger partial charge on any atom is -0.490 e. The zero-order valence-corrected chi connectivity index (χ0v) is 13.2. The monoisotopic (exact) mass is 324 g/mol. The number of carbonyl (C=O) groups is 1. The van der Waals surface area contributed by atoms with Gasteiger partial charge in [0, 0.05) is 47.7 Å². The summed E-state index contributed by atoms with van der Waals surface area (Å²) in [5.41, 5.74) is 3.00. The number of para-hydroxylation sites is 1. The molecule has 4 rings (SSSR count). The van der Waals surface area contributed by atoms with Gasteiger partial charge in [0.1, 0.15) is 6.26 Å². The van der Waals surface area contributed by atoms with E-state index in [-0.39, 0.29) is 22.8 Å². The quantitative estimate of drug-likeness (QED) is 0.785. The normalized spacial score (nSPS) is 13.8. The second-order valence-electron chi connectivity index (χ2n) is 5.78. The smallest absolute Gasteiger partial charge is 0.290 e. The van der Waals surface area contributed by atoms with E-state index in [4.69, 9.17) is 9.15 Å². The Morgan fingerprint density at radius 2 is 2.17 bits per heavy atom. The van der Waals surface area contributed by atoms with Crippen molar-refractivity contribution in [1.29, 1.82) is 0 Å². The highest BCUT2D eigenvalue weighted by Gasteiger charge is 2.26. The van der Waals surface area contributed by atoms with Crippen molar-refractivity contribution in [3.8, 4) is 5.75 Å². The molecule has 0 bridgehead atoms. The zero-order valence-electron chi connectivity index (χ0n) is 13.2. The number of nitrogens with zero attached hydrogens (tertiary/aromatic N) is 1. The molecular weight excluding hydrogens is 308 g/mol. The average molecular weight is 324 g/mol. The van der Waals surface area contributed by atoms with Gasteiger partial charge in [-0.1, -0.05) is 18.2 Å². The molecule has 0 radical (unpaired) electrons. The van der Waals surface area contributed by atoms with Crippen LogP contribution in [0, 0.1) is 0 Å². The number of hydrogen-bond donors (Lipinski definition) is 1. The van der Waals surface area contributed by atoms with Gasteiger partial charge in [-0.05, 0) is 6.07 Å². The second-order valence-corrected chi connectivity index (χ2v) is 5.78. The Bertz CT molecular complexity index is 986. The average Bonchev–Trinajstić information content (AvgIpc) is 2.99. The summed E-state index contributed by atoms with van der Waals surface area (Å²) in [5, 5.41) is 1.13. The maximum atomic E-state index is 12.7. The number of amides is 1. The van der Waals surface area contributed by atoms with Crippen molar-refractivity contribution in [3.63, 3.8) is 0 Å². The molecule has 0 atom stereocenters. The number of H-pyrrole nitrogens is 1. The maximum absolute atomic E-state index is 12.7. The van der Waals surface area contributed by atoms with E-state index in [0.29, 0.717) is 13.1 Å². The summed E-state index contributed by atoms with van der Waals surface area (Å²) in [4.78, 5) is 29.6. The number of rotatable bonds is 2.